The van der Waals surface area contributed by atoms with E-state index in [0.717, 1.165) is 56.7 Å². The van der Waals surface area contributed by atoms with Gasteiger partial charge in [0.25, 0.3) is 0 Å². The molecule has 3 heterocycles. The molecular weight excluding hydrogens is 407 g/mol. The Labute approximate surface area is 188 Å². The van der Waals surface area contributed by atoms with Gasteiger partial charge in [0.1, 0.15) is 22.3 Å². The first-order valence-electron chi connectivity index (χ1n) is 11.5. The van der Waals surface area contributed by atoms with Crippen molar-refractivity contribution >= 4 is 27.4 Å². The highest BCUT2D eigenvalue weighted by atomic mass is 32.1. The van der Waals surface area contributed by atoms with Crippen LogP contribution in [0.4, 0.5) is 10.2 Å². The SMILES string of the molecule is CC1CCc2c(sc3nc(C(C)C)nc(N4CCN(Cc5ccc(F)cc5)CC4)c23)C1. The molecule has 0 spiro atoms. The molecule has 0 saturated carbocycles. The fraction of sp³-hybridized carbons (Fsp3) is 0.520. The molecule has 1 aromatic carbocycles. The highest BCUT2D eigenvalue weighted by molar-refractivity contribution is 7.19. The van der Waals surface area contributed by atoms with Crippen LogP contribution in [0.15, 0.2) is 24.3 Å². The molecule has 1 aliphatic carbocycles. The van der Waals surface area contributed by atoms with E-state index < -0.39 is 0 Å². The van der Waals surface area contributed by atoms with Crippen molar-refractivity contribution in [3.05, 3.63) is 51.9 Å². The average molecular weight is 439 g/mol. The fourth-order valence-corrected chi connectivity index (χ4v) is 6.18. The topological polar surface area (TPSA) is 32.3 Å². The average Bonchev–Trinajstić information content (AvgIpc) is 3.12. The van der Waals surface area contributed by atoms with Crippen LogP contribution < -0.4 is 4.90 Å². The van der Waals surface area contributed by atoms with E-state index >= 15 is 0 Å². The van der Waals surface area contributed by atoms with Gasteiger partial charge in [-0.2, -0.15) is 0 Å². The molecule has 1 fully saturated rings. The number of anilines is 1. The number of nitrogens with zero attached hydrogens (tertiary/aromatic N) is 4. The lowest BCUT2D eigenvalue weighted by Gasteiger charge is -2.36. The Kier molecular flexibility index (Phi) is 5.69. The summed E-state index contributed by atoms with van der Waals surface area (Å²) >= 11 is 1.90. The lowest BCUT2D eigenvalue weighted by Crippen LogP contribution is -2.46. The van der Waals surface area contributed by atoms with Gasteiger partial charge in [-0.3, -0.25) is 4.90 Å². The summed E-state index contributed by atoms with van der Waals surface area (Å²) < 4.78 is 13.2. The zero-order valence-corrected chi connectivity index (χ0v) is 19.5. The van der Waals surface area contributed by atoms with Crippen molar-refractivity contribution in [3.8, 4) is 0 Å². The molecule has 1 saturated heterocycles. The van der Waals surface area contributed by atoms with E-state index in [2.05, 4.69) is 30.6 Å². The summed E-state index contributed by atoms with van der Waals surface area (Å²) in [4.78, 5) is 17.7. The van der Waals surface area contributed by atoms with Crippen molar-refractivity contribution in [2.24, 2.45) is 5.92 Å². The van der Waals surface area contributed by atoms with E-state index in [9.17, 15) is 4.39 Å². The summed E-state index contributed by atoms with van der Waals surface area (Å²) in [5.41, 5.74) is 2.68. The smallest absolute Gasteiger partial charge is 0.141 e. The summed E-state index contributed by atoms with van der Waals surface area (Å²) in [6.07, 6.45) is 3.59. The van der Waals surface area contributed by atoms with Crippen molar-refractivity contribution in [1.82, 2.24) is 14.9 Å². The van der Waals surface area contributed by atoms with E-state index in [4.69, 9.17) is 9.97 Å². The molecule has 0 bridgehead atoms. The van der Waals surface area contributed by atoms with Crippen LogP contribution in [0.5, 0.6) is 0 Å². The number of fused-ring (bicyclic) bond motifs is 3. The lowest BCUT2D eigenvalue weighted by atomic mass is 9.89. The van der Waals surface area contributed by atoms with Gasteiger partial charge in [0, 0.05) is 43.5 Å². The fourth-order valence-electron chi connectivity index (χ4n) is 4.79. The van der Waals surface area contributed by atoms with E-state index in [0.29, 0.717) is 5.92 Å². The Morgan fingerprint density at radius 2 is 1.84 bits per heavy atom. The maximum absolute atomic E-state index is 13.2. The minimum absolute atomic E-state index is 0.171. The highest BCUT2D eigenvalue weighted by Crippen LogP contribution is 2.41. The molecule has 164 valence electrons. The van der Waals surface area contributed by atoms with Crippen LogP contribution in [-0.2, 0) is 19.4 Å². The summed E-state index contributed by atoms with van der Waals surface area (Å²) in [5, 5.41) is 1.32. The molecule has 4 nitrogen and oxygen atoms in total. The van der Waals surface area contributed by atoms with Crippen molar-refractivity contribution < 1.29 is 4.39 Å². The number of aromatic nitrogens is 2. The monoisotopic (exact) mass is 438 g/mol. The summed E-state index contributed by atoms with van der Waals surface area (Å²) in [6.45, 7) is 11.5. The second kappa shape index (κ2) is 8.47. The predicted octanol–water partition coefficient (Wildman–Crippen LogP) is 5.40. The summed E-state index contributed by atoms with van der Waals surface area (Å²) in [6, 6.07) is 6.89. The van der Waals surface area contributed by atoms with Crippen molar-refractivity contribution in [2.75, 3.05) is 31.1 Å². The van der Waals surface area contributed by atoms with Crippen LogP contribution in [0.25, 0.3) is 10.2 Å². The molecule has 0 amide bonds. The van der Waals surface area contributed by atoms with E-state index in [1.807, 2.05) is 23.5 Å². The van der Waals surface area contributed by atoms with Gasteiger partial charge in [-0.25, -0.2) is 14.4 Å². The molecular formula is C25H31FN4S. The third-order valence-corrected chi connectivity index (χ3v) is 7.81. The first kappa shape index (κ1) is 20.8. The van der Waals surface area contributed by atoms with Gasteiger partial charge >= 0.3 is 0 Å². The van der Waals surface area contributed by atoms with Crippen molar-refractivity contribution in [2.45, 2.75) is 52.5 Å². The summed E-state index contributed by atoms with van der Waals surface area (Å²) in [5.74, 6) is 3.03. The Bertz CT molecular complexity index is 1070. The Morgan fingerprint density at radius 1 is 1.10 bits per heavy atom. The van der Waals surface area contributed by atoms with Crippen LogP contribution in [-0.4, -0.2) is 41.0 Å². The second-order valence-corrected chi connectivity index (χ2v) is 10.6. The Balaban J connectivity index is 1.41. The zero-order valence-electron chi connectivity index (χ0n) is 18.7. The molecule has 0 radical (unpaired) electrons. The maximum Gasteiger partial charge on any atom is 0.141 e. The van der Waals surface area contributed by atoms with Crippen LogP contribution in [0.1, 0.15) is 54.9 Å². The van der Waals surface area contributed by atoms with Gasteiger partial charge in [0.05, 0.1) is 5.39 Å². The van der Waals surface area contributed by atoms with Crippen LogP contribution in [0.2, 0.25) is 0 Å². The molecule has 2 aromatic heterocycles. The van der Waals surface area contributed by atoms with Crippen molar-refractivity contribution in [3.63, 3.8) is 0 Å². The maximum atomic E-state index is 13.2. The third-order valence-electron chi connectivity index (χ3n) is 6.66. The molecule has 6 heteroatoms. The number of rotatable bonds is 4. The Hall–Kier alpha value is -2.05. The minimum Gasteiger partial charge on any atom is -0.353 e. The molecule has 3 aromatic rings. The molecule has 1 aliphatic heterocycles. The normalized spacial score (nSPS) is 19.9. The quantitative estimate of drug-likeness (QED) is 0.546. The van der Waals surface area contributed by atoms with Crippen LogP contribution >= 0.6 is 11.3 Å². The van der Waals surface area contributed by atoms with Gasteiger partial charge in [0.2, 0.25) is 0 Å². The molecule has 1 unspecified atom stereocenters. The molecule has 5 rings (SSSR count). The zero-order chi connectivity index (χ0) is 21.5. The predicted molar refractivity (Wildman–Crippen MR) is 127 cm³/mol. The van der Waals surface area contributed by atoms with Gasteiger partial charge in [-0.05, 0) is 48.4 Å². The summed E-state index contributed by atoms with van der Waals surface area (Å²) in [7, 11) is 0. The highest BCUT2D eigenvalue weighted by Gasteiger charge is 2.28. The third kappa shape index (κ3) is 4.20. The standard InChI is InChI=1S/C25H31FN4S/c1-16(2)23-27-24(22-20-9-4-17(3)14-21(20)31-25(22)28-23)30-12-10-29(11-13-30)15-18-5-7-19(26)8-6-18/h5-8,16-17H,4,9-15H2,1-3H3. The first-order chi connectivity index (χ1) is 15.0. The van der Waals surface area contributed by atoms with Gasteiger partial charge in [-0.15, -0.1) is 11.3 Å². The van der Waals surface area contributed by atoms with Gasteiger partial charge < -0.3 is 4.90 Å². The van der Waals surface area contributed by atoms with E-state index in [1.54, 1.807) is 12.1 Å². The molecule has 1 atom stereocenters. The minimum atomic E-state index is -0.171. The number of hydrogen-bond donors (Lipinski definition) is 0. The number of hydrogen-bond acceptors (Lipinski definition) is 5. The van der Waals surface area contributed by atoms with E-state index in [-0.39, 0.29) is 5.82 Å². The van der Waals surface area contributed by atoms with Gasteiger partial charge in [0.15, 0.2) is 0 Å². The van der Waals surface area contributed by atoms with Crippen molar-refractivity contribution in [1.29, 1.82) is 0 Å². The van der Waals surface area contributed by atoms with Gasteiger partial charge in [-0.1, -0.05) is 32.9 Å². The van der Waals surface area contributed by atoms with Crippen LogP contribution in [0.3, 0.4) is 0 Å². The number of benzene rings is 1. The van der Waals surface area contributed by atoms with E-state index in [1.165, 1.54) is 39.1 Å². The Morgan fingerprint density at radius 3 is 2.55 bits per heavy atom. The number of aryl methyl sites for hydroxylation is 1. The molecule has 2 aliphatic rings. The lowest BCUT2D eigenvalue weighted by molar-refractivity contribution is 0.249. The number of halogens is 1. The largest absolute Gasteiger partial charge is 0.353 e. The second-order valence-electron chi connectivity index (χ2n) is 9.48. The molecule has 0 N–H and O–H groups in total. The number of thiophene rings is 1. The van der Waals surface area contributed by atoms with Crippen LogP contribution in [0, 0.1) is 11.7 Å². The first-order valence-corrected chi connectivity index (χ1v) is 12.3. The molecule has 31 heavy (non-hydrogen) atoms. The number of piperazine rings is 1.